The fraction of sp³-hybridized carbons (Fsp3) is 0.519. The van der Waals surface area contributed by atoms with Crippen LogP contribution in [0.25, 0.3) is 0 Å². The van der Waals surface area contributed by atoms with Crippen LogP contribution >= 0.6 is 0 Å². The number of cyclic esters (lactones) is 1. The molecule has 1 saturated heterocycles. The second-order valence-electron chi connectivity index (χ2n) is 8.91. The van der Waals surface area contributed by atoms with Crippen molar-refractivity contribution in [2.75, 3.05) is 26.9 Å². The summed E-state index contributed by atoms with van der Waals surface area (Å²) < 4.78 is 23.0. The van der Waals surface area contributed by atoms with E-state index in [-0.39, 0.29) is 30.1 Å². The summed E-state index contributed by atoms with van der Waals surface area (Å²) in [4.78, 5) is 29.7. The first kappa shape index (κ1) is 27.4. The van der Waals surface area contributed by atoms with E-state index in [1.807, 2.05) is 30.3 Å². The van der Waals surface area contributed by atoms with Crippen molar-refractivity contribution in [1.82, 2.24) is 10.3 Å². The SMILES string of the molecule is CCCCCOC1C(Cc2ccccc2)COCC(NC(=O)c2nccc(OC)c2O)C(=O)OC1C. The van der Waals surface area contributed by atoms with Crippen LogP contribution in [0, 0.1) is 5.92 Å². The predicted molar refractivity (Wildman–Crippen MR) is 133 cm³/mol. The molecular formula is C27H36N2O7. The quantitative estimate of drug-likeness (QED) is 0.377. The maximum atomic E-state index is 13.0. The van der Waals surface area contributed by atoms with E-state index < -0.39 is 29.8 Å². The molecule has 1 aliphatic heterocycles. The number of pyridine rings is 1. The van der Waals surface area contributed by atoms with Gasteiger partial charge in [-0.2, -0.15) is 0 Å². The molecule has 2 aromatic rings. The Morgan fingerprint density at radius 2 is 1.97 bits per heavy atom. The van der Waals surface area contributed by atoms with Gasteiger partial charge in [0.05, 0.1) is 26.4 Å². The van der Waals surface area contributed by atoms with E-state index in [1.165, 1.54) is 19.4 Å². The van der Waals surface area contributed by atoms with Crippen molar-refractivity contribution in [2.45, 2.75) is 57.8 Å². The number of carbonyl (C=O) groups excluding carboxylic acids is 2. The van der Waals surface area contributed by atoms with Crippen molar-refractivity contribution in [3.8, 4) is 11.5 Å². The lowest BCUT2D eigenvalue weighted by Gasteiger charge is -2.31. The summed E-state index contributed by atoms with van der Waals surface area (Å²) >= 11 is 0. The molecule has 0 radical (unpaired) electrons. The van der Waals surface area contributed by atoms with E-state index in [4.69, 9.17) is 18.9 Å². The standard InChI is InChI=1S/C27H36N2O7/c1-4-5-9-14-35-25-18(2)36-27(32)21(17-34-16-20(25)15-19-10-7-6-8-11-19)29-26(31)23-24(30)22(33-3)12-13-28-23/h6-8,10-13,18,20-21,25,30H,4-5,9,14-17H2,1-3H3,(H,29,31). The largest absolute Gasteiger partial charge is 0.503 e. The average molecular weight is 501 g/mol. The summed E-state index contributed by atoms with van der Waals surface area (Å²) in [5.41, 5.74) is 0.879. The van der Waals surface area contributed by atoms with E-state index in [2.05, 4.69) is 17.2 Å². The molecule has 1 aromatic heterocycles. The highest BCUT2D eigenvalue weighted by atomic mass is 16.6. The number of esters is 1. The fourth-order valence-electron chi connectivity index (χ4n) is 4.25. The molecule has 1 aliphatic rings. The van der Waals surface area contributed by atoms with Gasteiger partial charge in [0.25, 0.3) is 5.91 Å². The van der Waals surface area contributed by atoms with Crippen LogP contribution in [-0.2, 0) is 25.4 Å². The third-order valence-corrected chi connectivity index (χ3v) is 6.16. The van der Waals surface area contributed by atoms with E-state index in [1.54, 1.807) is 6.92 Å². The van der Waals surface area contributed by atoms with E-state index >= 15 is 0 Å². The molecule has 4 atom stereocenters. The van der Waals surface area contributed by atoms with Crippen molar-refractivity contribution in [3.63, 3.8) is 0 Å². The van der Waals surface area contributed by atoms with Gasteiger partial charge in [0, 0.05) is 24.8 Å². The summed E-state index contributed by atoms with van der Waals surface area (Å²) in [6.07, 6.45) is 4.15. The summed E-state index contributed by atoms with van der Waals surface area (Å²) in [7, 11) is 1.37. The van der Waals surface area contributed by atoms with Gasteiger partial charge in [-0.05, 0) is 25.3 Å². The Bertz CT molecular complexity index is 985. The molecular weight excluding hydrogens is 464 g/mol. The van der Waals surface area contributed by atoms with Crippen molar-refractivity contribution in [1.29, 1.82) is 0 Å². The Morgan fingerprint density at radius 1 is 1.19 bits per heavy atom. The molecule has 1 amide bonds. The fourth-order valence-corrected chi connectivity index (χ4v) is 4.25. The van der Waals surface area contributed by atoms with Gasteiger partial charge in [-0.3, -0.25) is 4.79 Å². The number of nitrogens with zero attached hydrogens (tertiary/aromatic N) is 1. The number of hydrogen-bond acceptors (Lipinski definition) is 8. The van der Waals surface area contributed by atoms with Gasteiger partial charge in [-0.15, -0.1) is 0 Å². The second-order valence-corrected chi connectivity index (χ2v) is 8.91. The lowest BCUT2D eigenvalue weighted by Crippen LogP contribution is -2.46. The molecule has 0 aliphatic carbocycles. The van der Waals surface area contributed by atoms with Crippen molar-refractivity contribution in [2.24, 2.45) is 5.92 Å². The first-order valence-electron chi connectivity index (χ1n) is 12.4. The number of carbonyl (C=O) groups is 2. The van der Waals surface area contributed by atoms with Gasteiger partial charge in [-0.1, -0.05) is 50.1 Å². The number of hydrogen-bond donors (Lipinski definition) is 2. The minimum absolute atomic E-state index is 0.0598. The van der Waals surface area contributed by atoms with Crippen LogP contribution in [0.3, 0.4) is 0 Å². The van der Waals surface area contributed by atoms with Gasteiger partial charge in [0.15, 0.2) is 23.2 Å². The average Bonchev–Trinajstić information content (AvgIpc) is 2.92. The topological polar surface area (TPSA) is 116 Å². The van der Waals surface area contributed by atoms with Crippen LogP contribution in [-0.4, -0.2) is 67.1 Å². The van der Waals surface area contributed by atoms with Crippen LogP contribution < -0.4 is 10.1 Å². The smallest absolute Gasteiger partial charge is 0.331 e. The zero-order valence-electron chi connectivity index (χ0n) is 21.1. The molecule has 2 heterocycles. The maximum Gasteiger partial charge on any atom is 0.331 e. The van der Waals surface area contributed by atoms with Gasteiger partial charge in [0.2, 0.25) is 0 Å². The van der Waals surface area contributed by atoms with E-state index in [0.717, 1.165) is 24.8 Å². The summed E-state index contributed by atoms with van der Waals surface area (Å²) in [6.45, 7) is 4.73. The number of nitrogens with one attached hydrogen (secondary N) is 1. The Balaban J connectivity index is 1.75. The normalized spacial score (nSPS) is 22.6. The Hall–Kier alpha value is -3.17. The third-order valence-electron chi connectivity index (χ3n) is 6.16. The molecule has 0 bridgehead atoms. The van der Waals surface area contributed by atoms with E-state index in [9.17, 15) is 14.7 Å². The molecule has 3 rings (SSSR count). The number of unbranched alkanes of at least 4 members (excludes halogenated alkanes) is 2. The predicted octanol–water partition coefficient (Wildman–Crippen LogP) is 3.29. The number of aromatic nitrogens is 1. The summed E-state index contributed by atoms with van der Waals surface area (Å²) in [5, 5.41) is 12.8. The molecule has 0 spiro atoms. The molecule has 196 valence electrons. The van der Waals surface area contributed by atoms with Gasteiger partial charge >= 0.3 is 5.97 Å². The lowest BCUT2D eigenvalue weighted by molar-refractivity contribution is -0.160. The molecule has 9 heteroatoms. The molecule has 36 heavy (non-hydrogen) atoms. The highest BCUT2D eigenvalue weighted by Crippen LogP contribution is 2.28. The summed E-state index contributed by atoms with van der Waals surface area (Å²) in [5.74, 6) is -1.75. The molecule has 1 aromatic carbocycles. The number of aromatic hydroxyl groups is 1. The third kappa shape index (κ3) is 7.41. The monoisotopic (exact) mass is 500 g/mol. The number of amides is 1. The number of benzene rings is 1. The second kappa shape index (κ2) is 13.8. The Morgan fingerprint density at radius 3 is 2.69 bits per heavy atom. The number of ether oxygens (including phenoxy) is 4. The zero-order valence-corrected chi connectivity index (χ0v) is 21.1. The minimum atomic E-state index is -1.08. The molecule has 9 nitrogen and oxygen atoms in total. The van der Waals surface area contributed by atoms with E-state index in [0.29, 0.717) is 19.6 Å². The molecule has 1 fully saturated rings. The Kier molecular flexibility index (Phi) is 10.5. The Labute approximate surface area is 212 Å². The van der Waals surface area contributed by atoms with Crippen LogP contribution in [0.5, 0.6) is 11.5 Å². The van der Waals surface area contributed by atoms with Gasteiger partial charge < -0.3 is 29.4 Å². The van der Waals surface area contributed by atoms with Crippen LogP contribution in [0.2, 0.25) is 0 Å². The molecule has 2 N–H and O–H groups in total. The van der Waals surface area contributed by atoms with Gasteiger partial charge in [0.1, 0.15) is 6.10 Å². The lowest BCUT2D eigenvalue weighted by atomic mass is 9.91. The van der Waals surface area contributed by atoms with Crippen molar-refractivity contribution in [3.05, 3.63) is 53.9 Å². The first-order valence-corrected chi connectivity index (χ1v) is 12.4. The number of rotatable bonds is 10. The van der Waals surface area contributed by atoms with Crippen molar-refractivity contribution < 1.29 is 33.6 Å². The van der Waals surface area contributed by atoms with Crippen molar-refractivity contribution >= 4 is 11.9 Å². The molecule has 0 saturated carbocycles. The zero-order chi connectivity index (χ0) is 25.9. The summed E-state index contributed by atoms with van der Waals surface area (Å²) in [6, 6.07) is 10.4. The van der Waals surface area contributed by atoms with Gasteiger partial charge in [-0.25, -0.2) is 9.78 Å². The highest BCUT2D eigenvalue weighted by Gasteiger charge is 2.36. The highest BCUT2D eigenvalue weighted by molar-refractivity contribution is 5.98. The first-order chi connectivity index (χ1) is 17.4. The van der Waals surface area contributed by atoms with Crippen LogP contribution in [0.1, 0.15) is 49.2 Å². The maximum absolute atomic E-state index is 13.0. The van der Waals surface area contributed by atoms with Crippen LogP contribution in [0.15, 0.2) is 42.6 Å². The van der Waals surface area contributed by atoms with Crippen LogP contribution in [0.4, 0.5) is 0 Å². The number of methoxy groups -OCH3 is 1. The molecule has 4 unspecified atom stereocenters. The minimum Gasteiger partial charge on any atom is -0.503 e.